The minimum Gasteiger partial charge on any atom is -0.332 e. The molecule has 0 saturated heterocycles. The maximum Gasteiger partial charge on any atom is 0.119 e. The van der Waals surface area contributed by atoms with Gasteiger partial charge in [0, 0.05) is 7.05 Å². The minimum absolute atomic E-state index is 1.64. The fraction of sp³-hybridized carbons (Fsp3) is 0.250. The molecule has 2 heteroatoms. The normalized spacial score (nSPS) is 8.83. The highest BCUT2D eigenvalue weighted by atomic mass is 15.0. The van der Waals surface area contributed by atoms with Crippen molar-refractivity contribution >= 4 is 0 Å². The van der Waals surface area contributed by atoms with E-state index < -0.39 is 0 Å². The van der Waals surface area contributed by atoms with Crippen molar-refractivity contribution in [2.75, 3.05) is 0 Å². The Bertz CT molecular complexity index is 109. The zero-order chi connectivity index (χ0) is 4.41. The fourth-order valence-corrected chi connectivity index (χ4v) is 0.252. The van der Waals surface area contributed by atoms with E-state index >= 15 is 0 Å². The van der Waals surface area contributed by atoms with Gasteiger partial charge in [0.15, 0.2) is 0 Å². The summed E-state index contributed by atoms with van der Waals surface area (Å²) in [6.07, 6.45) is 6.84. The topological polar surface area (TPSA) is 17.8 Å². The number of aromatic nitrogens is 2. The summed E-state index contributed by atoms with van der Waals surface area (Å²) >= 11 is 0. The standard InChI is InChI=1S/C4H4N2/c1-6-3-2-5-4-6/h4H,1H3. The quantitative estimate of drug-likeness (QED) is 0.429. The molecular formula is C4H4N2. The summed E-state index contributed by atoms with van der Waals surface area (Å²) in [6, 6.07) is 0. The molecule has 0 fully saturated rings. The zero-order valence-corrected chi connectivity index (χ0v) is 3.47. The van der Waals surface area contributed by atoms with Crippen molar-refractivity contribution in [3.63, 3.8) is 0 Å². The predicted octanol–water partition coefficient (Wildman–Crippen LogP) is 0.0205. The molecule has 0 amide bonds. The molecule has 0 saturated carbocycles. The van der Waals surface area contributed by atoms with Gasteiger partial charge in [0.25, 0.3) is 0 Å². The molecule has 1 aromatic heterocycles. The molecule has 2 radical (unpaired) electrons. The van der Waals surface area contributed by atoms with Crippen molar-refractivity contribution in [3.05, 3.63) is 18.7 Å². The first-order valence-electron chi connectivity index (χ1n) is 1.66. The Balaban J connectivity index is 3.05. The summed E-state index contributed by atoms with van der Waals surface area (Å²) in [5.41, 5.74) is 0. The molecule has 0 bridgehead atoms. The third-order valence-corrected chi connectivity index (χ3v) is 0.522. The van der Waals surface area contributed by atoms with Gasteiger partial charge in [0.1, 0.15) is 6.20 Å². The smallest absolute Gasteiger partial charge is 0.119 e. The summed E-state index contributed by atoms with van der Waals surface area (Å²) < 4.78 is 1.71. The Kier molecular flexibility index (Phi) is 0.638. The fourth-order valence-electron chi connectivity index (χ4n) is 0.252. The molecule has 6 heavy (non-hydrogen) atoms. The second kappa shape index (κ2) is 1.12. The molecule has 1 heterocycles. The van der Waals surface area contributed by atoms with Crippen LogP contribution in [-0.4, -0.2) is 9.55 Å². The van der Waals surface area contributed by atoms with Crippen LogP contribution < -0.4 is 0 Å². The molecule has 0 aliphatic heterocycles. The summed E-state index contributed by atoms with van der Waals surface area (Å²) in [5.74, 6) is 0. The Hall–Kier alpha value is -0.790. The van der Waals surface area contributed by atoms with Gasteiger partial charge in [0.2, 0.25) is 0 Å². The Morgan fingerprint density at radius 2 is 2.67 bits per heavy atom. The van der Waals surface area contributed by atoms with E-state index in [1.54, 1.807) is 10.9 Å². The van der Waals surface area contributed by atoms with Gasteiger partial charge in [-0.1, -0.05) is 0 Å². The zero-order valence-electron chi connectivity index (χ0n) is 3.47. The number of aryl methyl sites for hydroxylation is 1. The summed E-state index contributed by atoms with van der Waals surface area (Å²) in [6.45, 7) is 0. The van der Waals surface area contributed by atoms with Crippen LogP contribution in [-0.2, 0) is 7.05 Å². The highest BCUT2D eigenvalue weighted by Crippen LogP contribution is 1.70. The third kappa shape index (κ3) is 0.407. The van der Waals surface area contributed by atoms with E-state index in [0.29, 0.717) is 0 Å². The molecule has 0 atom stereocenters. The Morgan fingerprint density at radius 1 is 1.83 bits per heavy atom. The van der Waals surface area contributed by atoms with Crippen molar-refractivity contribution < 1.29 is 0 Å². The van der Waals surface area contributed by atoms with Gasteiger partial charge in [-0.2, -0.15) is 0 Å². The van der Waals surface area contributed by atoms with Crippen molar-refractivity contribution in [1.82, 2.24) is 9.55 Å². The van der Waals surface area contributed by atoms with Crippen LogP contribution in [0.3, 0.4) is 0 Å². The number of nitrogens with zero attached hydrogens (tertiary/aromatic N) is 2. The van der Waals surface area contributed by atoms with Crippen molar-refractivity contribution in [2.24, 2.45) is 7.05 Å². The van der Waals surface area contributed by atoms with Crippen LogP contribution in [0.15, 0.2) is 6.33 Å². The van der Waals surface area contributed by atoms with Gasteiger partial charge in [-0.3, -0.25) is 0 Å². The van der Waals surface area contributed by atoms with Gasteiger partial charge in [-0.05, 0) is 0 Å². The predicted molar refractivity (Wildman–Crippen MR) is 20.9 cm³/mol. The maximum absolute atomic E-state index is 3.60. The molecule has 0 unspecified atom stereocenters. The van der Waals surface area contributed by atoms with Crippen molar-refractivity contribution in [3.8, 4) is 0 Å². The highest BCUT2D eigenvalue weighted by Gasteiger charge is 1.72. The largest absolute Gasteiger partial charge is 0.332 e. The molecule has 1 aromatic rings. The van der Waals surface area contributed by atoms with Crippen LogP contribution >= 0.6 is 0 Å². The average molecular weight is 80.1 g/mol. The van der Waals surface area contributed by atoms with Gasteiger partial charge in [0.05, 0.1) is 12.5 Å². The molecule has 0 N–H and O–H groups in total. The lowest BCUT2D eigenvalue weighted by Crippen LogP contribution is -1.77. The van der Waals surface area contributed by atoms with Crippen LogP contribution in [0.25, 0.3) is 0 Å². The molecule has 1 rings (SSSR count). The third-order valence-electron chi connectivity index (χ3n) is 0.522. The van der Waals surface area contributed by atoms with Gasteiger partial charge >= 0.3 is 0 Å². The lowest BCUT2D eigenvalue weighted by molar-refractivity contribution is 0.906. The van der Waals surface area contributed by atoms with E-state index in [1.807, 2.05) is 7.05 Å². The average Bonchev–Trinajstić information content (AvgIpc) is 1.86. The summed E-state index contributed by atoms with van der Waals surface area (Å²) in [5, 5.41) is 0. The lowest BCUT2D eigenvalue weighted by Gasteiger charge is -1.75. The van der Waals surface area contributed by atoms with Crippen LogP contribution in [0.4, 0.5) is 0 Å². The number of rotatable bonds is 0. The number of imidazole rings is 1. The highest BCUT2D eigenvalue weighted by molar-refractivity contribution is 4.64. The maximum atomic E-state index is 3.60. The molecule has 0 spiro atoms. The van der Waals surface area contributed by atoms with E-state index in [-0.39, 0.29) is 0 Å². The summed E-state index contributed by atoms with van der Waals surface area (Å²) in [4.78, 5) is 3.60. The van der Waals surface area contributed by atoms with E-state index in [0.717, 1.165) is 0 Å². The minimum atomic E-state index is 1.64. The van der Waals surface area contributed by atoms with Crippen molar-refractivity contribution in [1.29, 1.82) is 0 Å². The van der Waals surface area contributed by atoms with E-state index in [1.165, 1.54) is 0 Å². The first-order valence-corrected chi connectivity index (χ1v) is 1.66. The van der Waals surface area contributed by atoms with E-state index in [4.69, 9.17) is 0 Å². The SMILES string of the molecule is Cn1[c][c]nc1. The molecule has 30 valence electrons. The second-order valence-corrected chi connectivity index (χ2v) is 1.08. The Labute approximate surface area is 36.4 Å². The van der Waals surface area contributed by atoms with Crippen LogP contribution in [0, 0.1) is 12.4 Å². The molecule has 2 nitrogen and oxygen atoms in total. The summed E-state index contributed by atoms with van der Waals surface area (Å²) in [7, 11) is 1.85. The molecule has 0 aliphatic rings. The lowest BCUT2D eigenvalue weighted by atomic mass is 10.9. The van der Waals surface area contributed by atoms with E-state index in [2.05, 4.69) is 17.4 Å². The van der Waals surface area contributed by atoms with E-state index in [9.17, 15) is 0 Å². The molecule has 0 aromatic carbocycles. The number of hydrogen-bond donors (Lipinski definition) is 0. The van der Waals surface area contributed by atoms with Crippen LogP contribution in [0.1, 0.15) is 0 Å². The van der Waals surface area contributed by atoms with Gasteiger partial charge in [-0.25, -0.2) is 4.98 Å². The second-order valence-electron chi connectivity index (χ2n) is 1.08. The van der Waals surface area contributed by atoms with Gasteiger partial charge < -0.3 is 4.57 Å². The first-order chi connectivity index (χ1) is 2.89. The molecule has 0 aliphatic carbocycles. The Morgan fingerprint density at radius 3 is 2.83 bits per heavy atom. The molecular weight excluding hydrogens is 76.1 g/mol. The van der Waals surface area contributed by atoms with Crippen LogP contribution in [0.5, 0.6) is 0 Å². The monoisotopic (exact) mass is 80.0 g/mol. The van der Waals surface area contributed by atoms with Gasteiger partial charge in [-0.15, -0.1) is 0 Å². The number of hydrogen-bond acceptors (Lipinski definition) is 1. The van der Waals surface area contributed by atoms with Crippen molar-refractivity contribution in [2.45, 2.75) is 0 Å². The van der Waals surface area contributed by atoms with Crippen LogP contribution in [0.2, 0.25) is 0 Å². The first kappa shape index (κ1) is 3.40.